The first-order valence-corrected chi connectivity index (χ1v) is 10.8. The fourth-order valence-electron chi connectivity index (χ4n) is 5.34. The zero-order valence-corrected chi connectivity index (χ0v) is 17.7. The smallest absolute Gasteiger partial charge is 0.258 e. The number of aryl methyl sites for hydroxylation is 1. The number of hydrogen-bond acceptors (Lipinski definition) is 4. The van der Waals surface area contributed by atoms with E-state index in [0.29, 0.717) is 23.2 Å². The Labute approximate surface area is 186 Å². The van der Waals surface area contributed by atoms with Crippen LogP contribution in [0.15, 0.2) is 36.7 Å². The fourth-order valence-corrected chi connectivity index (χ4v) is 5.34. The molecule has 2 aliphatic rings. The summed E-state index contributed by atoms with van der Waals surface area (Å²) in [6.07, 6.45) is 6.12. The van der Waals surface area contributed by atoms with Crippen molar-refractivity contribution in [2.24, 2.45) is 7.05 Å². The van der Waals surface area contributed by atoms with Gasteiger partial charge in [0, 0.05) is 30.4 Å². The van der Waals surface area contributed by atoms with E-state index in [1.165, 1.54) is 10.8 Å². The molecule has 0 radical (unpaired) electrons. The molecule has 10 heteroatoms. The van der Waals surface area contributed by atoms with Crippen molar-refractivity contribution in [1.82, 2.24) is 29.5 Å². The number of hydrogen-bond donors (Lipinski definition) is 0. The lowest BCUT2D eigenvalue weighted by Gasteiger charge is -2.45. The molecule has 1 fully saturated rings. The van der Waals surface area contributed by atoms with Crippen LogP contribution < -0.4 is 0 Å². The van der Waals surface area contributed by atoms with Gasteiger partial charge in [-0.05, 0) is 49.9 Å². The van der Waals surface area contributed by atoms with E-state index in [-0.39, 0.29) is 23.6 Å². The van der Waals surface area contributed by atoms with Gasteiger partial charge in [-0.3, -0.25) is 9.48 Å². The molecule has 7 nitrogen and oxygen atoms in total. The van der Waals surface area contributed by atoms with Gasteiger partial charge >= 0.3 is 0 Å². The molecule has 2 atom stereocenters. The highest BCUT2D eigenvalue weighted by atomic mass is 19.2. The largest absolute Gasteiger partial charge is 0.327 e. The SMILES string of the molecule is Cn1nc2c(c1-c1cc(F)c(F)c(F)c1)C[C@H]1CCC[C@H]2N1C(=O)c1cnn2ncccc12. The van der Waals surface area contributed by atoms with Crippen LogP contribution in [0.25, 0.3) is 16.8 Å². The number of nitrogens with zero attached hydrogens (tertiary/aromatic N) is 6. The lowest BCUT2D eigenvalue weighted by atomic mass is 9.81. The zero-order valence-electron chi connectivity index (χ0n) is 17.7. The third kappa shape index (κ3) is 2.89. The van der Waals surface area contributed by atoms with Gasteiger partial charge in [-0.1, -0.05) is 0 Å². The summed E-state index contributed by atoms with van der Waals surface area (Å²) < 4.78 is 44.5. The van der Waals surface area contributed by atoms with Gasteiger partial charge in [0.1, 0.15) is 5.52 Å². The van der Waals surface area contributed by atoms with E-state index < -0.39 is 17.5 Å². The number of benzene rings is 1. The summed E-state index contributed by atoms with van der Waals surface area (Å²) in [6, 6.07) is 5.20. The minimum absolute atomic E-state index is 0.0894. The van der Waals surface area contributed by atoms with Gasteiger partial charge in [-0.2, -0.15) is 19.9 Å². The van der Waals surface area contributed by atoms with Crippen molar-refractivity contribution in [1.29, 1.82) is 0 Å². The van der Waals surface area contributed by atoms with E-state index in [1.54, 1.807) is 30.1 Å². The highest BCUT2D eigenvalue weighted by Gasteiger charge is 2.44. The van der Waals surface area contributed by atoms with Crippen LogP contribution in [-0.4, -0.2) is 41.5 Å². The standard InChI is InChI=1S/C23H19F3N6O/c1-30-22(12-8-16(24)20(26)17(25)9-12)14-10-13-4-2-5-19(21(14)29-30)31(13)23(33)15-11-28-32-18(15)6-3-7-27-32/h3,6-9,11,13,19H,2,4-5,10H2,1H3/t13-,19-/m1/s1. The number of piperidine rings is 1. The lowest BCUT2D eigenvalue weighted by Crippen LogP contribution is -2.49. The van der Waals surface area contributed by atoms with E-state index in [9.17, 15) is 18.0 Å². The Bertz CT molecular complexity index is 1400. The predicted molar refractivity (Wildman–Crippen MR) is 112 cm³/mol. The van der Waals surface area contributed by atoms with Gasteiger partial charge in [0.15, 0.2) is 17.5 Å². The quantitative estimate of drug-likeness (QED) is 0.434. The number of rotatable bonds is 2. The van der Waals surface area contributed by atoms with Crippen LogP contribution >= 0.6 is 0 Å². The summed E-state index contributed by atoms with van der Waals surface area (Å²) in [6.45, 7) is 0. The topological polar surface area (TPSA) is 68.3 Å². The second-order valence-electron chi connectivity index (χ2n) is 8.56. The number of aromatic nitrogens is 5. The first kappa shape index (κ1) is 20.0. The Hall–Kier alpha value is -3.69. The molecule has 1 aromatic carbocycles. The minimum atomic E-state index is -1.49. The van der Waals surface area contributed by atoms with Crippen molar-refractivity contribution in [2.75, 3.05) is 0 Å². The third-order valence-corrected chi connectivity index (χ3v) is 6.70. The van der Waals surface area contributed by atoms with Gasteiger partial charge in [0.25, 0.3) is 5.91 Å². The predicted octanol–water partition coefficient (Wildman–Crippen LogP) is 3.84. The first-order chi connectivity index (χ1) is 15.9. The molecule has 0 N–H and O–H groups in total. The lowest BCUT2D eigenvalue weighted by molar-refractivity contribution is 0.0394. The van der Waals surface area contributed by atoms with Crippen LogP contribution in [0.4, 0.5) is 13.2 Å². The Morgan fingerprint density at radius 2 is 1.91 bits per heavy atom. The highest BCUT2D eigenvalue weighted by molar-refractivity contribution is 6.01. The van der Waals surface area contributed by atoms with Crippen LogP contribution in [0.5, 0.6) is 0 Å². The average Bonchev–Trinajstić information content (AvgIpc) is 3.37. The minimum Gasteiger partial charge on any atom is -0.327 e. The number of carbonyl (C=O) groups is 1. The molecule has 33 heavy (non-hydrogen) atoms. The highest BCUT2D eigenvalue weighted by Crippen LogP contribution is 2.45. The van der Waals surface area contributed by atoms with Gasteiger partial charge in [-0.15, -0.1) is 0 Å². The maximum atomic E-state index is 14.0. The van der Waals surface area contributed by atoms with Gasteiger partial charge < -0.3 is 4.90 Å². The van der Waals surface area contributed by atoms with Crippen molar-refractivity contribution < 1.29 is 18.0 Å². The number of halogens is 3. The molecule has 6 rings (SSSR count). The molecular formula is C23H19F3N6O. The third-order valence-electron chi connectivity index (χ3n) is 6.70. The molecular weight excluding hydrogens is 433 g/mol. The molecule has 0 spiro atoms. The number of fused-ring (bicyclic) bond motifs is 5. The maximum absolute atomic E-state index is 14.0. The van der Waals surface area contributed by atoms with E-state index >= 15 is 0 Å². The molecule has 1 amide bonds. The zero-order chi connectivity index (χ0) is 22.9. The molecule has 2 aliphatic heterocycles. The summed E-state index contributed by atoms with van der Waals surface area (Å²) in [5, 5.41) is 13.0. The number of amides is 1. The summed E-state index contributed by atoms with van der Waals surface area (Å²) in [5.41, 5.74) is 3.45. The molecule has 0 aliphatic carbocycles. The Kier molecular flexibility index (Phi) is 4.33. The summed E-state index contributed by atoms with van der Waals surface area (Å²) >= 11 is 0. The first-order valence-electron chi connectivity index (χ1n) is 10.8. The Balaban J connectivity index is 1.45. The van der Waals surface area contributed by atoms with Crippen molar-refractivity contribution in [2.45, 2.75) is 37.8 Å². The van der Waals surface area contributed by atoms with Crippen molar-refractivity contribution in [3.8, 4) is 11.3 Å². The molecule has 1 saturated heterocycles. The van der Waals surface area contributed by atoms with Crippen LogP contribution in [0.3, 0.4) is 0 Å². The van der Waals surface area contributed by atoms with Crippen molar-refractivity contribution >= 4 is 11.4 Å². The van der Waals surface area contributed by atoms with Crippen LogP contribution in [0, 0.1) is 17.5 Å². The van der Waals surface area contributed by atoms with E-state index in [0.717, 1.165) is 42.7 Å². The van der Waals surface area contributed by atoms with Crippen LogP contribution in [0.2, 0.25) is 0 Å². The van der Waals surface area contributed by atoms with Crippen molar-refractivity contribution in [3.63, 3.8) is 0 Å². The molecule has 4 aromatic rings. The van der Waals surface area contributed by atoms with E-state index in [1.807, 2.05) is 4.90 Å². The average molecular weight is 452 g/mol. The normalized spacial score (nSPS) is 19.7. The second-order valence-corrected chi connectivity index (χ2v) is 8.56. The van der Waals surface area contributed by atoms with Gasteiger partial charge in [0.05, 0.1) is 29.2 Å². The Morgan fingerprint density at radius 1 is 1.12 bits per heavy atom. The second kappa shape index (κ2) is 7.16. The molecule has 3 aromatic heterocycles. The maximum Gasteiger partial charge on any atom is 0.258 e. The number of carbonyl (C=O) groups excluding carboxylic acids is 1. The van der Waals surface area contributed by atoms with E-state index in [2.05, 4.69) is 15.3 Å². The summed E-state index contributed by atoms with van der Waals surface area (Å²) in [7, 11) is 1.69. The van der Waals surface area contributed by atoms with Crippen molar-refractivity contribution in [3.05, 3.63) is 70.9 Å². The molecule has 2 bridgehead atoms. The summed E-state index contributed by atoms with van der Waals surface area (Å²) in [5.74, 6) is -4.11. The van der Waals surface area contributed by atoms with Gasteiger partial charge in [-0.25, -0.2) is 13.2 Å². The summed E-state index contributed by atoms with van der Waals surface area (Å²) in [4.78, 5) is 15.5. The van der Waals surface area contributed by atoms with Gasteiger partial charge in [0.2, 0.25) is 0 Å². The van der Waals surface area contributed by atoms with Crippen LogP contribution in [0.1, 0.15) is 46.9 Å². The Morgan fingerprint density at radius 3 is 2.70 bits per heavy atom. The fraction of sp³-hybridized carbons (Fsp3) is 0.304. The van der Waals surface area contributed by atoms with E-state index in [4.69, 9.17) is 0 Å². The molecule has 0 saturated carbocycles. The molecule has 168 valence electrons. The monoisotopic (exact) mass is 452 g/mol. The molecule has 5 heterocycles. The van der Waals surface area contributed by atoms with Crippen LogP contribution in [-0.2, 0) is 13.5 Å². The molecule has 0 unspecified atom stereocenters.